The van der Waals surface area contributed by atoms with Crippen LogP contribution in [0.1, 0.15) is 273 Å². The van der Waals surface area contributed by atoms with Gasteiger partial charge in [-0.3, -0.25) is 0 Å². The quantitative estimate of drug-likeness (QED) is 0.140. The highest BCUT2D eigenvalue weighted by atomic mass is 14.3. The van der Waals surface area contributed by atoms with Crippen molar-refractivity contribution >= 4 is 21.5 Å². The third kappa shape index (κ3) is 11.0. The van der Waals surface area contributed by atoms with E-state index in [0.29, 0.717) is 59.2 Å². The van der Waals surface area contributed by atoms with Crippen LogP contribution < -0.4 is 0 Å². The van der Waals surface area contributed by atoms with Gasteiger partial charge in [0.1, 0.15) is 0 Å². The molecule has 0 atom stereocenters. The number of allylic oxidation sites excluding steroid dienone is 4. The lowest BCUT2D eigenvalue weighted by molar-refractivity contribution is 0.699. The van der Waals surface area contributed by atoms with E-state index in [1.807, 2.05) is 0 Å². The summed E-state index contributed by atoms with van der Waals surface area (Å²) in [6.45, 7) is 60.4. The highest BCUT2D eigenvalue weighted by molar-refractivity contribution is 6.06. The highest BCUT2D eigenvalue weighted by Gasteiger charge is 2.26. The lowest BCUT2D eigenvalue weighted by Gasteiger charge is -2.30. The minimum absolute atomic E-state index is 0.548. The molecule has 0 aliphatic heterocycles. The fourth-order valence-electron chi connectivity index (χ4n) is 11.5. The zero-order valence-electron chi connectivity index (χ0n) is 44.8. The summed E-state index contributed by atoms with van der Waals surface area (Å²) in [5, 5.41) is 5.74. The van der Waals surface area contributed by atoms with E-state index in [0.717, 1.165) is 0 Å². The molecule has 0 nitrogen and oxygen atoms in total. The van der Waals surface area contributed by atoms with E-state index in [4.69, 9.17) is 0 Å². The van der Waals surface area contributed by atoms with Crippen LogP contribution in [0.25, 0.3) is 21.5 Å². The van der Waals surface area contributed by atoms with Crippen molar-refractivity contribution in [2.24, 2.45) is 11.8 Å². The first kappa shape index (κ1) is 52.2. The molecule has 338 valence electrons. The first-order valence-corrected chi connectivity index (χ1v) is 24.7. The van der Waals surface area contributed by atoms with E-state index >= 15 is 0 Å². The number of aryl methyl sites for hydroxylation is 2. The normalized spacial score (nSPS) is 13.7. The molecular weight excluding hydrogens is 733 g/mol. The lowest BCUT2D eigenvalue weighted by Crippen LogP contribution is -2.14. The molecule has 0 radical (unpaired) electrons. The van der Waals surface area contributed by atoms with Gasteiger partial charge in [0.2, 0.25) is 0 Å². The Kier molecular flexibility index (Phi) is 18.0. The van der Waals surface area contributed by atoms with Gasteiger partial charge in [0.15, 0.2) is 0 Å². The molecule has 5 rings (SSSR count). The number of fused-ring (bicyclic) bond motifs is 2. The van der Waals surface area contributed by atoms with Crippen LogP contribution in [0, 0.1) is 39.5 Å². The molecule has 0 heteroatoms. The lowest BCUT2D eigenvalue weighted by atomic mass is 9.74. The van der Waals surface area contributed by atoms with Crippen molar-refractivity contribution in [3.05, 3.63) is 113 Å². The molecule has 0 bridgehead atoms. The standard InChI is InChI=1S/C28H38.C20H34.C13H22/c1-15(2)21-11-25-19(9)27-13-23(17(5)6)24(18(7)8)14-28(27)20(10)26(25)12-22(21)16(3)4;1-11(2)17-15(9)19(13(5)6)20(14(7)8)16(10)18(17)12(3)4;1-8(2)12-10(5)7-11(6)13(12)9(3)4/h11-18H,1-10H3;11-14H,1-10H3;8-9H,7H2,1-6H3. The number of hydrogen-bond acceptors (Lipinski definition) is 0. The number of benzene rings is 4. The molecule has 4 aromatic rings. The van der Waals surface area contributed by atoms with Gasteiger partial charge >= 0.3 is 0 Å². The first-order valence-electron chi connectivity index (χ1n) is 24.7. The topological polar surface area (TPSA) is 0 Å². The number of hydrogen-bond donors (Lipinski definition) is 0. The van der Waals surface area contributed by atoms with Crippen LogP contribution in [-0.4, -0.2) is 0 Å². The molecule has 1 aliphatic rings. The van der Waals surface area contributed by atoms with Crippen molar-refractivity contribution < 1.29 is 0 Å². The largest absolute Gasteiger partial charge is 0.0655 e. The van der Waals surface area contributed by atoms with Gasteiger partial charge in [-0.2, -0.15) is 0 Å². The van der Waals surface area contributed by atoms with Gasteiger partial charge < -0.3 is 0 Å². The summed E-state index contributed by atoms with van der Waals surface area (Å²) in [6.07, 6.45) is 1.21. The van der Waals surface area contributed by atoms with Crippen molar-refractivity contribution in [3.8, 4) is 0 Å². The van der Waals surface area contributed by atoms with Crippen LogP contribution in [0.2, 0.25) is 0 Å². The van der Waals surface area contributed by atoms with Crippen molar-refractivity contribution in [1.29, 1.82) is 0 Å². The Balaban J connectivity index is 0.000000263. The van der Waals surface area contributed by atoms with Crippen LogP contribution >= 0.6 is 0 Å². The molecular formula is C61H94. The first-order chi connectivity index (χ1) is 28.1. The van der Waals surface area contributed by atoms with Crippen LogP contribution in [-0.2, 0) is 0 Å². The Morgan fingerprint density at radius 1 is 0.262 bits per heavy atom. The molecule has 0 amide bonds. The predicted molar refractivity (Wildman–Crippen MR) is 279 cm³/mol. The fraction of sp³-hybridized carbons (Fsp3) is 0.607. The highest BCUT2D eigenvalue weighted by Crippen LogP contribution is 2.44. The summed E-state index contributed by atoms with van der Waals surface area (Å²) >= 11 is 0. The fourth-order valence-corrected chi connectivity index (χ4v) is 11.5. The van der Waals surface area contributed by atoms with Crippen LogP contribution in [0.15, 0.2) is 46.6 Å². The number of rotatable bonds is 10. The summed E-state index contributed by atoms with van der Waals surface area (Å²) in [6, 6.07) is 9.95. The Bertz CT molecular complexity index is 1950. The maximum absolute atomic E-state index is 2.49. The smallest absolute Gasteiger partial charge is 0.0102 e. The van der Waals surface area contributed by atoms with Gasteiger partial charge in [0, 0.05) is 0 Å². The van der Waals surface area contributed by atoms with Crippen molar-refractivity contribution in [2.45, 2.75) is 234 Å². The summed E-state index contributed by atoms with van der Waals surface area (Å²) in [5.41, 5.74) is 24.9. The molecule has 0 unspecified atom stereocenters. The van der Waals surface area contributed by atoms with E-state index in [9.17, 15) is 0 Å². The van der Waals surface area contributed by atoms with Gasteiger partial charge in [0.25, 0.3) is 0 Å². The molecule has 0 spiro atoms. The van der Waals surface area contributed by atoms with Crippen molar-refractivity contribution in [1.82, 2.24) is 0 Å². The molecule has 0 N–H and O–H groups in total. The van der Waals surface area contributed by atoms with Crippen molar-refractivity contribution in [2.75, 3.05) is 0 Å². The van der Waals surface area contributed by atoms with E-state index in [-0.39, 0.29) is 0 Å². The van der Waals surface area contributed by atoms with E-state index < -0.39 is 0 Å². The predicted octanol–water partition coefficient (Wildman–Crippen LogP) is 20.2. The molecule has 1 aliphatic carbocycles. The average molecular weight is 827 g/mol. The van der Waals surface area contributed by atoms with Gasteiger partial charge in [-0.15, -0.1) is 0 Å². The van der Waals surface area contributed by atoms with Crippen LogP contribution in [0.5, 0.6) is 0 Å². The minimum atomic E-state index is 0.548. The minimum Gasteiger partial charge on any atom is -0.0655 e. The third-order valence-electron chi connectivity index (χ3n) is 14.0. The van der Waals surface area contributed by atoms with Gasteiger partial charge in [-0.25, -0.2) is 0 Å². The van der Waals surface area contributed by atoms with E-state index in [1.54, 1.807) is 55.7 Å². The molecule has 0 heterocycles. The van der Waals surface area contributed by atoms with Gasteiger partial charge in [-0.05, 0) is 207 Å². The maximum Gasteiger partial charge on any atom is -0.0102 e. The molecule has 0 saturated carbocycles. The molecule has 4 aromatic carbocycles. The monoisotopic (exact) mass is 827 g/mol. The van der Waals surface area contributed by atoms with Gasteiger partial charge in [-0.1, -0.05) is 174 Å². The zero-order valence-corrected chi connectivity index (χ0v) is 44.8. The van der Waals surface area contributed by atoms with Crippen LogP contribution in [0.4, 0.5) is 0 Å². The molecule has 61 heavy (non-hydrogen) atoms. The Morgan fingerprint density at radius 2 is 0.459 bits per heavy atom. The van der Waals surface area contributed by atoms with E-state index in [1.165, 1.54) is 61.3 Å². The molecule has 0 aromatic heterocycles. The Labute approximate surface area is 378 Å². The maximum atomic E-state index is 2.49. The zero-order chi connectivity index (χ0) is 46.9. The molecule has 0 saturated heterocycles. The third-order valence-corrected chi connectivity index (χ3v) is 14.0. The second-order valence-corrected chi connectivity index (χ2v) is 22.3. The summed E-state index contributed by atoms with van der Waals surface area (Å²) in [4.78, 5) is 0. The van der Waals surface area contributed by atoms with Crippen LogP contribution in [0.3, 0.4) is 0 Å². The Morgan fingerprint density at radius 3 is 0.607 bits per heavy atom. The van der Waals surface area contributed by atoms with E-state index in [2.05, 4.69) is 204 Å². The summed E-state index contributed by atoms with van der Waals surface area (Å²) in [5.74, 6) is 5.98. The SMILES string of the molecule is CC1=C(C(C)C)C(C(C)C)=C(C)C1.Cc1c(C(C)C)c(C(C)C)c(C)c(C(C)C)c1C(C)C.Cc1c2cc(C(C)C)c(C(C)C)cc2c(C)c2cc(C(C)C)c(C(C)C)cc12. The van der Waals surface area contributed by atoms with Gasteiger partial charge in [0.05, 0.1) is 0 Å². The molecule has 0 fully saturated rings. The van der Waals surface area contributed by atoms with Crippen molar-refractivity contribution in [3.63, 3.8) is 0 Å². The summed E-state index contributed by atoms with van der Waals surface area (Å²) < 4.78 is 0. The Hall–Kier alpha value is -3.12. The summed E-state index contributed by atoms with van der Waals surface area (Å²) in [7, 11) is 0. The second kappa shape index (κ2) is 21.0. The average Bonchev–Trinajstić information content (AvgIpc) is 3.46. The second-order valence-electron chi connectivity index (χ2n) is 22.3.